The first-order valence-electron chi connectivity index (χ1n) is 6.04. The van der Waals surface area contributed by atoms with Gasteiger partial charge in [0.1, 0.15) is 0 Å². The summed E-state index contributed by atoms with van der Waals surface area (Å²) < 4.78 is 64.0. The molecule has 1 amide bonds. The molecule has 4 atom stereocenters. The Morgan fingerprint density at radius 3 is 2.19 bits per heavy atom. The normalized spacial score (nSPS) is 32.1. The fraction of sp³-hybridized carbons (Fsp3) is 0.800. The zero-order valence-corrected chi connectivity index (χ0v) is 11.3. The Balaban J connectivity index is 1.95. The summed E-state index contributed by atoms with van der Waals surface area (Å²) in [6.07, 6.45) is -5.44. The molecule has 0 radical (unpaired) electrons. The van der Waals surface area contributed by atoms with Crippen LogP contribution >= 0.6 is 0 Å². The van der Waals surface area contributed by atoms with E-state index in [-0.39, 0.29) is 24.7 Å². The summed E-state index contributed by atoms with van der Waals surface area (Å²) in [5.74, 6) is -4.80. The zero-order chi connectivity index (χ0) is 16.0. The van der Waals surface area contributed by atoms with Crippen LogP contribution in [0.5, 0.6) is 0 Å². The lowest BCUT2D eigenvalue weighted by molar-refractivity contribution is -0.171. The van der Waals surface area contributed by atoms with Gasteiger partial charge in [0, 0.05) is 0 Å². The van der Waals surface area contributed by atoms with Crippen molar-refractivity contribution in [1.29, 1.82) is 0 Å². The molecule has 11 heteroatoms. The van der Waals surface area contributed by atoms with Crippen LogP contribution in [0.4, 0.5) is 13.2 Å². The van der Waals surface area contributed by atoms with Gasteiger partial charge in [0.2, 0.25) is 0 Å². The molecule has 120 valence electrons. The van der Waals surface area contributed by atoms with Crippen LogP contribution in [0, 0.1) is 17.8 Å². The third-order valence-electron chi connectivity index (χ3n) is 3.83. The molecule has 0 saturated heterocycles. The molecule has 0 aromatic heterocycles. The van der Waals surface area contributed by atoms with Crippen molar-refractivity contribution in [1.82, 2.24) is 4.72 Å². The van der Waals surface area contributed by atoms with Crippen LogP contribution in [0.15, 0.2) is 0 Å². The van der Waals surface area contributed by atoms with Gasteiger partial charge in [-0.05, 0) is 31.1 Å². The number of rotatable bonds is 4. The van der Waals surface area contributed by atoms with Gasteiger partial charge in [-0.1, -0.05) is 0 Å². The number of amides is 1. The Kier molecular flexibility index (Phi) is 3.91. The number of halogens is 3. The Morgan fingerprint density at radius 1 is 1.14 bits per heavy atom. The van der Waals surface area contributed by atoms with E-state index in [1.54, 1.807) is 0 Å². The van der Waals surface area contributed by atoms with Crippen molar-refractivity contribution in [3.05, 3.63) is 0 Å². The molecular formula is C10H12F3NO6S. The number of nitrogens with one attached hydrogen (secondary N) is 1. The van der Waals surface area contributed by atoms with E-state index >= 15 is 0 Å². The standard InChI is InChI=1S/C10H12F3NO6S/c11-10(12,13)9(17)14-21(18,19)20-7-3-4-1-5(7)2-6(4)8(15)16/h4-7H,1-3H2,(H,14,17)(H,15,16). The summed E-state index contributed by atoms with van der Waals surface area (Å²) >= 11 is 0. The van der Waals surface area contributed by atoms with E-state index in [4.69, 9.17) is 5.11 Å². The smallest absolute Gasteiger partial charge is 0.472 e. The predicted octanol–water partition coefficient (Wildman–Crippen LogP) is 0.426. The van der Waals surface area contributed by atoms with Crippen molar-refractivity contribution in [3.8, 4) is 0 Å². The largest absolute Gasteiger partial charge is 0.481 e. The number of carboxylic acid groups (broad SMARTS) is 1. The third kappa shape index (κ3) is 3.46. The maximum absolute atomic E-state index is 12.0. The number of hydrogen-bond acceptors (Lipinski definition) is 5. The summed E-state index contributed by atoms with van der Waals surface area (Å²) in [5.41, 5.74) is 0. The Hall–Kier alpha value is -1.36. The van der Waals surface area contributed by atoms with E-state index < -0.39 is 40.4 Å². The molecule has 2 N–H and O–H groups in total. The fourth-order valence-corrected chi connectivity index (χ4v) is 3.95. The van der Waals surface area contributed by atoms with Gasteiger partial charge >= 0.3 is 28.4 Å². The molecule has 2 bridgehead atoms. The maximum Gasteiger partial charge on any atom is 0.472 e. The van der Waals surface area contributed by atoms with Gasteiger partial charge in [-0.3, -0.25) is 13.8 Å². The van der Waals surface area contributed by atoms with E-state index in [0.717, 1.165) is 4.72 Å². The first-order valence-corrected chi connectivity index (χ1v) is 7.45. The second-order valence-corrected chi connectivity index (χ2v) is 6.49. The van der Waals surface area contributed by atoms with Gasteiger partial charge < -0.3 is 5.11 Å². The minimum atomic E-state index is -5.33. The van der Waals surface area contributed by atoms with Gasteiger partial charge in [-0.25, -0.2) is 4.72 Å². The average molecular weight is 331 g/mol. The molecule has 2 fully saturated rings. The summed E-state index contributed by atoms with van der Waals surface area (Å²) in [5, 5.41) is 8.92. The van der Waals surface area contributed by atoms with Crippen molar-refractivity contribution in [2.45, 2.75) is 31.5 Å². The lowest BCUT2D eigenvalue weighted by atomic mass is 9.87. The molecule has 2 saturated carbocycles. The van der Waals surface area contributed by atoms with E-state index in [1.807, 2.05) is 0 Å². The SMILES string of the molecule is O=C(O)C1CC2CC1CC2OS(=O)(=O)NC(=O)C(F)(F)F. The van der Waals surface area contributed by atoms with Crippen LogP contribution < -0.4 is 4.72 Å². The average Bonchev–Trinajstić information content (AvgIpc) is 2.85. The first kappa shape index (κ1) is 16.0. The minimum Gasteiger partial charge on any atom is -0.481 e. The number of carbonyl (C=O) groups excluding carboxylic acids is 1. The van der Waals surface area contributed by atoms with Gasteiger partial charge in [0.15, 0.2) is 0 Å². The second-order valence-electron chi connectivity index (χ2n) is 5.19. The lowest BCUT2D eigenvalue weighted by Crippen LogP contribution is -2.43. The van der Waals surface area contributed by atoms with Crippen molar-refractivity contribution in [2.75, 3.05) is 0 Å². The molecule has 2 rings (SSSR count). The molecule has 21 heavy (non-hydrogen) atoms. The van der Waals surface area contributed by atoms with Crippen molar-refractivity contribution in [3.63, 3.8) is 0 Å². The van der Waals surface area contributed by atoms with Crippen LogP contribution in [0.3, 0.4) is 0 Å². The topological polar surface area (TPSA) is 110 Å². The molecular weight excluding hydrogens is 319 g/mol. The van der Waals surface area contributed by atoms with E-state index in [9.17, 15) is 31.2 Å². The highest BCUT2D eigenvalue weighted by atomic mass is 32.2. The van der Waals surface area contributed by atoms with Crippen LogP contribution in [-0.4, -0.2) is 37.7 Å². The van der Waals surface area contributed by atoms with Crippen molar-refractivity contribution < 1.29 is 40.5 Å². The number of fused-ring (bicyclic) bond motifs is 2. The van der Waals surface area contributed by atoms with Crippen LogP contribution in [0.25, 0.3) is 0 Å². The number of carboxylic acids is 1. The monoisotopic (exact) mass is 331 g/mol. The van der Waals surface area contributed by atoms with Crippen LogP contribution in [0.1, 0.15) is 19.3 Å². The highest BCUT2D eigenvalue weighted by Crippen LogP contribution is 2.50. The maximum atomic E-state index is 12.0. The van der Waals surface area contributed by atoms with Crippen LogP contribution in [-0.2, 0) is 24.1 Å². The molecule has 7 nitrogen and oxygen atoms in total. The number of carbonyl (C=O) groups is 2. The van der Waals surface area contributed by atoms with Crippen molar-refractivity contribution >= 4 is 22.2 Å². The Morgan fingerprint density at radius 2 is 1.76 bits per heavy atom. The molecule has 2 aliphatic rings. The second kappa shape index (κ2) is 5.13. The number of aliphatic carboxylic acids is 1. The van der Waals surface area contributed by atoms with E-state index in [1.165, 1.54) is 0 Å². The molecule has 0 aromatic carbocycles. The zero-order valence-electron chi connectivity index (χ0n) is 10.5. The molecule has 0 aliphatic heterocycles. The van der Waals surface area contributed by atoms with E-state index in [2.05, 4.69) is 4.18 Å². The highest BCUT2D eigenvalue weighted by Gasteiger charge is 2.51. The summed E-state index contributed by atoms with van der Waals surface area (Å²) in [4.78, 5) is 21.5. The molecule has 0 aromatic rings. The third-order valence-corrected chi connectivity index (χ3v) is 4.77. The summed E-state index contributed by atoms with van der Waals surface area (Å²) in [6.45, 7) is 0. The summed E-state index contributed by atoms with van der Waals surface area (Å²) in [6, 6.07) is 0. The lowest BCUT2D eigenvalue weighted by Gasteiger charge is -2.25. The Labute approximate surface area is 117 Å². The summed E-state index contributed by atoms with van der Waals surface area (Å²) in [7, 11) is -4.87. The Bertz CT molecular complexity index is 560. The molecule has 0 heterocycles. The molecule has 2 aliphatic carbocycles. The fourth-order valence-electron chi connectivity index (χ4n) is 3.00. The first-order chi connectivity index (χ1) is 9.49. The quantitative estimate of drug-likeness (QED) is 0.773. The minimum absolute atomic E-state index is 0.128. The molecule has 4 unspecified atom stereocenters. The van der Waals surface area contributed by atoms with Crippen LogP contribution in [0.2, 0.25) is 0 Å². The predicted molar refractivity (Wildman–Crippen MR) is 59.9 cm³/mol. The van der Waals surface area contributed by atoms with Gasteiger partial charge in [-0.2, -0.15) is 21.6 Å². The van der Waals surface area contributed by atoms with Gasteiger partial charge in [0.25, 0.3) is 0 Å². The molecule has 0 spiro atoms. The number of hydrogen-bond donors (Lipinski definition) is 2. The van der Waals surface area contributed by atoms with Gasteiger partial charge in [-0.15, -0.1) is 0 Å². The number of alkyl halides is 3. The van der Waals surface area contributed by atoms with E-state index in [0.29, 0.717) is 6.42 Å². The highest BCUT2D eigenvalue weighted by molar-refractivity contribution is 7.85. The van der Waals surface area contributed by atoms with Gasteiger partial charge in [0.05, 0.1) is 12.0 Å². The van der Waals surface area contributed by atoms with Crippen molar-refractivity contribution in [2.24, 2.45) is 17.8 Å².